The maximum Gasteiger partial charge on any atom is 0.231 e. The van der Waals surface area contributed by atoms with Crippen LogP contribution in [0.25, 0.3) is 0 Å². The molecule has 4 nitrogen and oxygen atoms in total. The minimum atomic E-state index is -0.310. The van der Waals surface area contributed by atoms with E-state index in [-0.39, 0.29) is 30.0 Å². The van der Waals surface area contributed by atoms with E-state index in [0.717, 1.165) is 24.1 Å². The van der Waals surface area contributed by atoms with Crippen LogP contribution in [0.4, 0.5) is 10.1 Å². The smallest absolute Gasteiger partial charge is 0.231 e. The van der Waals surface area contributed by atoms with Gasteiger partial charge in [-0.1, -0.05) is 30.3 Å². The van der Waals surface area contributed by atoms with Crippen LogP contribution in [0.2, 0.25) is 0 Å². The summed E-state index contributed by atoms with van der Waals surface area (Å²) < 4.78 is 13.0. The Labute approximate surface area is 159 Å². The van der Waals surface area contributed by atoms with Crippen molar-refractivity contribution < 1.29 is 14.0 Å². The highest BCUT2D eigenvalue weighted by Gasteiger charge is 2.31. The zero-order chi connectivity index (χ0) is 19.2. The van der Waals surface area contributed by atoms with Crippen LogP contribution in [0.15, 0.2) is 54.6 Å². The molecule has 1 aliphatic heterocycles. The summed E-state index contributed by atoms with van der Waals surface area (Å²) >= 11 is 0. The first-order valence-electron chi connectivity index (χ1n) is 9.47. The van der Waals surface area contributed by atoms with Crippen LogP contribution in [-0.2, 0) is 16.0 Å². The number of anilines is 1. The second-order valence-electron chi connectivity index (χ2n) is 6.90. The molecule has 1 heterocycles. The van der Waals surface area contributed by atoms with Crippen molar-refractivity contribution >= 4 is 17.5 Å². The number of hydrogen-bond acceptors (Lipinski definition) is 2. The normalized spacial score (nSPS) is 16.8. The first kappa shape index (κ1) is 19.1. The van der Waals surface area contributed by atoms with Gasteiger partial charge in [-0.25, -0.2) is 4.39 Å². The van der Waals surface area contributed by atoms with Gasteiger partial charge in [0.15, 0.2) is 0 Å². The van der Waals surface area contributed by atoms with Gasteiger partial charge in [-0.05, 0) is 49.6 Å². The van der Waals surface area contributed by atoms with E-state index in [1.165, 1.54) is 12.1 Å². The number of carbonyl (C=O) groups excluding carboxylic acids is 2. The van der Waals surface area contributed by atoms with Gasteiger partial charge in [0.05, 0.1) is 12.3 Å². The third-order valence-electron chi connectivity index (χ3n) is 5.04. The van der Waals surface area contributed by atoms with E-state index in [2.05, 4.69) is 0 Å². The van der Waals surface area contributed by atoms with Crippen molar-refractivity contribution in [3.05, 3.63) is 66.0 Å². The average Bonchev–Trinajstić information content (AvgIpc) is 2.71. The fourth-order valence-electron chi connectivity index (χ4n) is 3.59. The molecule has 1 unspecified atom stereocenters. The highest BCUT2D eigenvalue weighted by molar-refractivity contribution is 5.95. The third-order valence-corrected chi connectivity index (χ3v) is 5.04. The largest absolute Gasteiger partial charge is 0.342 e. The van der Waals surface area contributed by atoms with E-state index in [9.17, 15) is 14.0 Å². The topological polar surface area (TPSA) is 40.6 Å². The number of benzene rings is 2. The number of nitrogens with zero attached hydrogens (tertiary/aromatic N) is 2. The summed E-state index contributed by atoms with van der Waals surface area (Å²) in [6.45, 7) is 3.68. The molecular formula is C22H25FN2O2. The third kappa shape index (κ3) is 4.73. The number of hydrogen-bond donors (Lipinski definition) is 0. The highest BCUT2D eigenvalue weighted by Crippen LogP contribution is 2.23. The number of rotatable bonds is 5. The monoisotopic (exact) mass is 368 g/mol. The van der Waals surface area contributed by atoms with Crippen LogP contribution < -0.4 is 4.90 Å². The van der Waals surface area contributed by atoms with Gasteiger partial charge in [0.1, 0.15) is 5.82 Å². The van der Waals surface area contributed by atoms with Gasteiger partial charge < -0.3 is 9.80 Å². The Bertz CT molecular complexity index is 777. The average molecular weight is 368 g/mol. The Kier molecular flexibility index (Phi) is 6.22. The molecule has 0 saturated carbocycles. The maximum absolute atomic E-state index is 13.0. The molecule has 0 radical (unpaired) electrons. The molecule has 1 fully saturated rings. The molecule has 1 saturated heterocycles. The fraction of sp³-hybridized carbons (Fsp3) is 0.364. The first-order valence-corrected chi connectivity index (χ1v) is 9.47. The fourth-order valence-corrected chi connectivity index (χ4v) is 3.59. The molecule has 0 aliphatic carbocycles. The molecule has 2 aromatic carbocycles. The summed E-state index contributed by atoms with van der Waals surface area (Å²) in [7, 11) is 0. The van der Waals surface area contributed by atoms with Crippen LogP contribution in [0.5, 0.6) is 0 Å². The molecule has 0 aromatic heterocycles. The molecule has 1 atom stereocenters. The molecule has 1 aliphatic rings. The molecule has 5 heteroatoms. The SMILES string of the molecule is CCN(C(=O)C1CCCN(C(=O)Cc2ccc(F)cc2)C1)c1ccccc1. The van der Waals surface area contributed by atoms with Gasteiger partial charge in [-0.15, -0.1) is 0 Å². The Morgan fingerprint density at radius 1 is 1.11 bits per heavy atom. The van der Waals surface area contributed by atoms with Crippen molar-refractivity contribution in [3.8, 4) is 0 Å². The molecule has 2 aromatic rings. The lowest BCUT2D eigenvalue weighted by atomic mass is 9.95. The Morgan fingerprint density at radius 2 is 1.81 bits per heavy atom. The highest BCUT2D eigenvalue weighted by atomic mass is 19.1. The number of carbonyl (C=O) groups is 2. The van der Waals surface area contributed by atoms with Crippen molar-refractivity contribution in [2.45, 2.75) is 26.2 Å². The van der Waals surface area contributed by atoms with E-state index in [0.29, 0.717) is 19.6 Å². The minimum absolute atomic E-state index is 0.0122. The number of piperidine rings is 1. The van der Waals surface area contributed by atoms with Crippen LogP contribution in [-0.4, -0.2) is 36.3 Å². The van der Waals surface area contributed by atoms with Crippen LogP contribution >= 0.6 is 0 Å². The van der Waals surface area contributed by atoms with Crippen molar-refractivity contribution in [1.82, 2.24) is 4.90 Å². The van der Waals surface area contributed by atoms with Crippen LogP contribution in [0.3, 0.4) is 0 Å². The quantitative estimate of drug-likeness (QED) is 0.808. The zero-order valence-electron chi connectivity index (χ0n) is 15.6. The van der Waals surface area contributed by atoms with E-state index in [1.54, 1.807) is 21.9 Å². The summed E-state index contributed by atoms with van der Waals surface area (Å²) in [5.74, 6) is -0.434. The second-order valence-corrected chi connectivity index (χ2v) is 6.90. The van der Waals surface area contributed by atoms with Crippen molar-refractivity contribution in [3.63, 3.8) is 0 Å². The molecule has 3 rings (SSSR count). The molecule has 142 valence electrons. The predicted molar refractivity (Wildman–Crippen MR) is 104 cm³/mol. The zero-order valence-corrected chi connectivity index (χ0v) is 15.6. The maximum atomic E-state index is 13.0. The van der Waals surface area contributed by atoms with E-state index in [1.807, 2.05) is 37.3 Å². The predicted octanol–water partition coefficient (Wildman–Crippen LogP) is 3.66. The van der Waals surface area contributed by atoms with Gasteiger partial charge in [-0.2, -0.15) is 0 Å². The van der Waals surface area contributed by atoms with Crippen LogP contribution in [0, 0.1) is 11.7 Å². The summed E-state index contributed by atoms with van der Waals surface area (Å²) in [6, 6.07) is 15.6. The van der Waals surface area contributed by atoms with Gasteiger partial charge in [-0.3, -0.25) is 9.59 Å². The molecule has 0 N–H and O–H groups in total. The van der Waals surface area contributed by atoms with Gasteiger partial charge >= 0.3 is 0 Å². The Balaban J connectivity index is 1.65. The van der Waals surface area contributed by atoms with E-state index < -0.39 is 0 Å². The molecule has 0 bridgehead atoms. The minimum Gasteiger partial charge on any atom is -0.342 e. The lowest BCUT2D eigenvalue weighted by Gasteiger charge is -2.35. The van der Waals surface area contributed by atoms with Crippen molar-refractivity contribution in [2.24, 2.45) is 5.92 Å². The van der Waals surface area contributed by atoms with Crippen molar-refractivity contribution in [1.29, 1.82) is 0 Å². The lowest BCUT2D eigenvalue weighted by molar-refractivity contribution is -0.134. The first-order chi connectivity index (χ1) is 13.1. The standard InChI is InChI=1S/C22H25FN2O2/c1-2-25(20-8-4-3-5-9-20)22(27)18-7-6-14-24(16-18)21(26)15-17-10-12-19(23)13-11-17/h3-5,8-13,18H,2,6-7,14-16H2,1H3. The lowest BCUT2D eigenvalue weighted by Crippen LogP contribution is -2.47. The van der Waals surface area contributed by atoms with Gasteiger partial charge in [0.2, 0.25) is 11.8 Å². The Hall–Kier alpha value is -2.69. The van der Waals surface area contributed by atoms with Gasteiger partial charge in [0, 0.05) is 25.3 Å². The van der Waals surface area contributed by atoms with E-state index >= 15 is 0 Å². The summed E-state index contributed by atoms with van der Waals surface area (Å²) in [5, 5.41) is 0. The summed E-state index contributed by atoms with van der Waals surface area (Å²) in [5.41, 5.74) is 1.68. The van der Waals surface area contributed by atoms with Crippen molar-refractivity contribution in [2.75, 3.05) is 24.5 Å². The van der Waals surface area contributed by atoms with Crippen LogP contribution in [0.1, 0.15) is 25.3 Å². The molecule has 27 heavy (non-hydrogen) atoms. The number of para-hydroxylation sites is 1. The van der Waals surface area contributed by atoms with Gasteiger partial charge in [0.25, 0.3) is 0 Å². The molecular weight excluding hydrogens is 343 g/mol. The number of likely N-dealkylation sites (tertiary alicyclic amines) is 1. The van der Waals surface area contributed by atoms with E-state index in [4.69, 9.17) is 0 Å². The number of halogens is 1. The summed E-state index contributed by atoms with van der Waals surface area (Å²) in [6.07, 6.45) is 1.85. The Morgan fingerprint density at radius 3 is 2.48 bits per heavy atom. The second kappa shape index (κ2) is 8.80. The summed E-state index contributed by atoms with van der Waals surface area (Å²) in [4.78, 5) is 29.2. The molecule has 2 amide bonds. The molecule has 0 spiro atoms. The number of amides is 2.